The molecule has 1 N–H and O–H groups in total. The Labute approximate surface area is 137 Å². The fourth-order valence-electron chi connectivity index (χ4n) is 2.55. The Hall–Kier alpha value is -1.91. The molecule has 0 bridgehead atoms. The molecule has 3 heterocycles. The maximum atomic E-state index is 12.0. The molecule has 0 radical (unpaired) electrons. The summed E-state index contributed by atoms with van der Waals surface area (Å²) in [5, 5.41) is 15.1. The van der Waals surface area contributed by atoms with E-state index in [1.807, 2.05) is 18.5 Å². The van der Waals surface area contributed by atoms with Crippen molar-refractivity contribution in [2.45, 2.75) is 26.5 Å². The summed E-state index contributed by atoms with van der Waals surface area (Å²) in [6.45, 7) is 6.77. The lowest BCUT2D eigenvalue weighted by Crippen LogP contribution is -2.47. The van der Waals surface area contributed by atoms with E-state index >= 15 is 0 Å². The number of carbonyl (C=O) groups is 1. The summed E-state index contributed by atoms with van der Waals surface area (Å²) in [6.07, 6.45) is -0.00196. The molecule has 3 rings (SSSR count). The van der Waals surface area contributed by atoms with Crippen LogP contribution in [0.4, 0.5) is 5.13 Å². The lowest BCUT2D eigenvalue weighted by Gasteiger charge is -2.32. The lowest BCUT2D eigenvalue weighted by atomic mass is 10.2. The number of aryl methyl sites for hydroxylation is 2. The van der Waals surface area contributed by atoms with Crippen molar-refractivity contribution >= 4 is 22.4 Å². The molecule has 1 aliphatic heterocycles. The second-order valence-corrected chi connectivity index (χ2v) is 6.24. The van der Waals surface area contributed by atoms with Gasteiger partial charge in [0.05, 0.1) is 25.8 Å². The summed E-state index contributed by atoms with van der Waals surface area (Å²) in [7, 11) is 0. The Balaban J connectivity index is 1.51. The van der Waals surface area contributed by atoms with E-state index in [0.717, 1.165) is 18.2 Å². The van der Waals surface area contributed by atoms with Gasteiger partial charge in [-0.15, -0.1) is 10.2 Å². The maximum Gasteiger partial charge on any atom is 0.240 e. The Morgan fingerprint density at radius 2 is 2.39 bits per heavy atom. The van der Waals surface area contributed by atoms with Gasteiger partial charge in [-0.3, -0.25) is 15.0 Å². The first-order valence-corrected chi connectivity index (χ1v) is 8.26. The van der Waals surface area contributed by atoms with Gasteiger partial charge in [0, 0.05) is 13.1 Å². The van der Waals surface area contributed by atoms with Crippen LogP contribution < -0.4 is 5.32 Å². The number of nitrogens with zero attached hydrogens (tertiary/aromatic N) is 6. The summed E-state index contributed by atoms with van der Waals surface area (Å²) in [6, 6.07) is 0. The summed E-state index contributed by atoms with van der Waals surface area (Å²) in [5.41, 5.74) is 1.59. The van der Waals surface area contributed by atoms with Crippen LogP contribution in [0.2, 0.25) is 0 Å². The Morgan fingerprint density at radius 3 is 3.09 bits per heavy atom. The minimum atomic E-state index is -0.0878. The van der Waals surface area contributed by atoms with Crippen molar-refractivity contribution in [1.82, 2.24) is 29.9 Å². The zero-order chi connectivity index (χ0) is 16.2. The zero-order valence-electron chi connectivity index (χ0n) is 13.1. The summed E-state index contributed by atoms with van der Waals surface area (Å²) in [5.74, 6) is 1.54. The zero-order valence-corrected chi connectivity index (χ0v) is 13.9. The van der Waals surface area contributed by atoms with E-state index in [9.17, 15) is 4.79 Å². The highest BCUT2D eigenvalue weighted by atomic mass is 32.1. The van der Waals surface area contributed by atoms with Crippen molar-refractivity contribution in [2.24, 2.45) is 0 Å². The number of amides is 1. The van der Waals surface area contributed by atoms with Crippen LogP contribution >= 0.6 is 11.3 Å². The van der Waals surface area contributed by atoms with Crippen LogP contribution in [0.1, 0.15) is 11.6 Å². The van der Waals surface area contributed by atoms with Gasteiger partial charge in [0.25, 0.3) is 0 Å². The van der Waals surface area contributed by atoms with Crippen LogP contribution in [-0.4, -0.2) is 68.1 Å². The number of anilines is 1. The van der Waals surface area contributed by atoms with Crippen LogP contribution in [0.15, 0.2) is 5.51 Å². The molecule has 1 amide bonds. The van der Waals surface area contributed by atoms with E-state index in [2.05, 4.69) is 30.5 Å². The first-order valence-electron chi connectivity index (χ1n) is 7.38. The number of ether oxygens (including phenoxy) is 1. The SMILES string of the molecule is Cc1nc(C)n(CC2CN(CC(=O)Nc3nncs3)CCO2)n1. The van der Waals surface area contributed by atoms with Crippen LogP contribution in [-0.2, 0) is 16.1 Å². The summed E-state index contributed by atoms with van der Waals surface area (Å²) < 4.78 is 7.63. The predicted molar refractivity (Wildman–Crippen MR) is 84.2 cm³/mol. The molecule has 0 spiro atoms. The van der Waals surface area contributed by atoms with Gasteiger partial charge < -0.3 is 4.74 Å². The molecule has 10 heteroatoms. The van der Waals surface area contributed by atoms with Crippen molar-refractivity contribution in [3.63, 3.8) is 0 Å². The van der Waals surface area contributed by atoms with Crippen molar-refractivity contribution in [1.29, 1.82) is 0 Å². The third-order valence-corrected chi connectivity index (χ3v) is 4.14. The smallest absolute Gasteiger partial charge is 0.240 e. The monoisotopic (exact) mass is 337 g/mol. The van der Waals surface area contributed by atoms with E-state index in [-0.39, 0.29) is 12.0 Å². The van der Waals surface area contributed by atoms with E-state index in [1.165, 1.54) is 11.3 Å². The highest BCUT2D eigenvalue weighted by molar-refractivity contribution is 7.13. The Morgan fingerprint density at radius 1 is 1.52 bits per heavy atom. The molecule has 1 saturated heterocycles. The van der Waals surface area contributed by atoms with E-state index in [1.54, 1.807) is 5.51 Å². The van der Waals surface area contributed by atoms with Crippen molar-refractivity contribution in [3.05, 3.63) is 17.2 Å². The number of nitrogens with one attached hydrogen (secondary N) is 1. The predicted octanol–water partition coefficient (Wildman–Crippen LogP) is 0.0859. The minimum Gasteiger partial charge on any atom is -0.374 e. The fraction of sp³-hybridized carbons (Fsp3) is 0.615. The number of morpholine rings is 1. The van der Waals surface area contributed by atoms with E-state index < -0.39 is 0 Å². The average Bonchev–Trinajstić information content (AvgIpc) is 3.09. The largest absolute Gasteiger partial charge is 0.374 e. The van der Waals surface area contributed by atoms with E-state index in [0.29, 0.717) is 31.4 Å². The Bertz CT molecular complexity index is 657. The molecule has 0 aromatic carbocycles. The second-order valence-electron chi connectivity index (χ2n) is 5.41. The molecule has 23 heavy (non-hydrogen) atoms. The standard InChI is InChI=1S/C13H19N7O2S/c1-9-15-10(2)20(18-9)6-11-5-19(3-4-22-11)7-12(21)16-13-17-14-8-23-13/h8,11H,3-7H2,1-2H3,(H,16,17,21). The van der Waals surface area contributed by atoms with Gasteiger partial charge in [-0.1, -0.05) is 11.3 Å². The highest BCUT2D eigenvalue weighted by Gasteiger charge is 2.23. The number of rotatable bonds is 5. The van der Waals surface area contributed by atoms with Gasteiger partial charge in [-0.25, -0.2) is 9.67 Å². The fourth-order valence-corrected chi connectivity index (χ4v) is 3.01. The first kappa shape index (κ1) is 16.0. The normalized spacial score (nSPS) is 19.0. The maximum absolute atomic E-state index is 12.0. The first-order chi connectivity index (χ1) is 11.1. The molecule has 1 aliphatic rings. The molecule has 2 aromatic rings. The minimum absolute atomic E-state index is 0.00196. The van der Waals surface area contributed by atoms with Crippen LogP contribution in [0.5, 0.6) is 0 Å². The van der Waals surface area contributed by atoms with Gasteiger partial charge in [-0.05, 0) is 13.8 Å². The van der Waals surface area contributed by atoms with Crippen LogP contribution in [0.3, 0.4) is 0 Å². The quantitative estimate of drug-likeness (QED) is 0.825. The van der Waals surface area contributed by atoms with E-state index in [4.69, 9.17) is 4.74 Å². The molecule has 9 nitrogen and oxygen atoms in total. The van der Waals surface area contributed by atoms with Gasteiger partial charge in [-0.2, -0.15) is 5.10 Å². The number of hydrogen-bond acceptors (Lipinski definition) is 8. The van der Waals surface area contributed by atoms with Crippen LogP contribution in [0, 0.1) is 13.8 Å². The lowest BCUT2D eigenvalue weighted by molar-refractivity contribution is -0.119. The third kappa shape index (κ3) is 4.30. The molecule has 1 atom stereocenters. The molecule has 124 valence electrons. The highest BCUT2D eigenvalue weighted by Crippen LogP contribution is 2.11. The molecule has 1 unspecified atom stereocenters. The molecular formula is C13H19N7O2S. The average molecular weight is 337 g/mol. The van der Waals surface area contributed by atoms with Gasteiger partial charge in [0.1, 0.15) is 17.2 Å². The topological polar surface area (TPSA) is 98.1 Å². The van der Waals surface area contributed by atoms with Crippen LogP contribution in [0.25, 0.3) is 0 Å². The number of aromatic nitrogens is 5. The summed E-state index contributed by atoms with van der Waals surface area (Å²) >= 11 is 1.30. The molecule has 2 aromatic heterocycles. The Kier molecular flexibility index (Phi) is 4.94. The van der Waals surface area contributed by atoms with Gasteiger partial charge in [0.2, 0.25) is 11.0 Å². The van der Waals surface area contributed by atoms with Crippen molar-refractivity contribution < 1.29 is 9.53 Å². The molecule has 0 saturated carbocycles. The van der Waals surface area contributed by atoms with Gasteiger partial charge in [0.15, 0.2) is 0 Å². The second kappa shape index (κ2) is 7.11. The molecule has 1 fully saturated rings. The van der Waals surface area contributed by atoms with Crippen molar-refractivity contribution in [2.75, 3.05) is 31.6 Å². The number of hydrogen-bond donors (Lipinski definition) is 1. The third-order valence-electron chi connectivity index (χ3n) is 3.54. The van der Waals surface area contributed by atoms with Crippen molar-refractivity contribution in [3.8, 4) is 0 Å². The van der Waals surface area contributed by atoms with Gasteiger partial charge >= 0.3 is 0 Å². The number of carbonyl (C=O) groups excluding carboxylic acids is 1. The molecular weight excluding hydrogens is 318 g/mol. The molecule has 0 aliphatic carbocycles. The summed E-state index contributed by atoms with van der Waals surface area (Å²) in [4.78, 5) is 18.4.